The maximum absolute atomic E-state index is 12.8. The van der Waals surface area contributed by atoms with Crippen LogP contribution in [0.5, 0.6) is 0 Å². The maximum atomic E-state index is 12.8. The molecule has 0 saturated carbocycles. The van der Waals surface area contributed by atoms with Gasteiger partial charge >= 0.3 is 6.09 Å². The smallest absolute Gasteiger partial charge is 0.409 e. The van der Waals surface area contributed by atoms with Gasteiger partial charge in [0.05, 0.1) is 5.69 Å². The molecule has 3 nitrogen and oxygen atoms in total. The third kappa shape index (κ3) is 2.20. The van der Waals surface area contributed by atoms with Gasteiger partial charge in [-0.25, -0.2) is 9.18 Å². The topological polar surface area (TPSA) is 49.3 Å². The van der Waals surface area contributed by atoms with Crippen molar-refractivity contribution in [1.29, 1.82) is 0 Å². The molecule has 1 rings (SSSR count). The van der Waals surface area contributed by atoms with Crippen molar-refractivity contribution in [2.45, 2.75) is 0 Å². The average Bonchev–Trinajstić information content (AvgIpc) is 1.96. The first-order valence-electron chi connectivity index (χ1n) is 3.04. The highest BCUT2D eigenvalue weighted by atomic mass is 79.9. The molecule has 1 amide bonds. The Morgan fingerprint density at radius 3 is 2.83 bits per heavy atom. The first kappa shape index (κ1) is 8.99. The fourth-order valence-electron chi connectivity index (χ4n) is 0.708. The van der Waals surface area contributed by atoms with Gasteiger partial charge in [0, 0.05) is 4.47 Å². The molecule has 0 spiro atoms. The summed E-state index contributed by atoms with van der Waals surface area (Å²) < 4.78 is 13.4. The monoisotopic (exact) mass is 233 g/mol. The lowest BCUT2D eigenvalue weighted by Crippen LogP contribution is -2.08. The molecule has 5 heteroatoms. The van der Waals surface area contributed by atoms with Gasteiger partial charge < -0.3 is 5.11 Å². The minimum Gasteiger partial charge on any atom is -0.465 e. The summed E-state index contributed by atoms with van der Waals surface area (Å²) in [6.45, 7) is 0. The fraction of sp³-hybridized carbons (Fsp3) is 0. The Morgan fingerprint density at radius 1 is 1.58 bits per heavy atom. The van der Waals surface area contributed by atoms with Crippen molar-refractivity contribution in [3.05, 3.63) is 28.5 Å². The van der Waals surface area contributed by atoms with Crippen LogP contribution >= 0.6 is 15.9 Å². The van der Waals surface area contributed by atoms with Crippen molar-refractivity contribution in [2.24, 2.45) is 0 Å². The number of halogens is 2. The molecule has 0 atom stereocenters. The summed E-state index contributed by atoms with van der Waals surface area (Å²) in [5.41, 5.74) is -0.0584. The molecule has 1 aromatic rings. The molecule has 0 aliphatic heterocycles. The van der Waals surface area contributed by atoms with Crippen LogP contribution in [0.1, 0.15) is 0 Å². The number of anilines is 1. The second-order valence-corrected chi connectivity index (χ2v) is 2.97. The Bertz CT molecular complexity index is 316. The third-order valence-corrected chi connectivity index (χ3v) is 1.66. The normalized spacial score (nSPS) is 9.50. The van der Waals surface area contributed by atoms with Gasteiger partial charge in [0.15, 0.2) is 0 Å². The van der Waals surface area contributed by atoms with Crippen LogP contribution < -0.4 is 5.32 Å². The number of hydrogen-bond acceptors (Lipinski definition) is 1. The summed E-state index contributed by atoms with van der Waals surface area (Å²) in [7, 11) is 0. The summed E-state index contributed by atoms with van der Waals surface area (Å²) in [5, 5.41) is 10.2. The van der Waals surface area contributed by atoms with Gasteiger partial charge in [-0.15, -0.1) is 0 Å². The molecule has 0 heterocycles. The Balaban J connectivity index is 2.97. The SMILES string of the molecule is O=C(O)Nc1cc(Br)ccc1F. The number of rotatable bonds is 1. The lowest BCUT2D eigenvalue weighted by Gasteiger charge is -2.01. The van der Waals surface area contributed by atoms with Crippen molar-refractivity contribution >= 4 is 27.7 Å². The molecule has 0 radical (unpaired) electrons. The van der Waals surface area contributed by atoms with Gasteiger partial charge in [-0.2, -0.15) is 0 Å². The molecular formula is C7H5BrFNO2. The van der Waals surface area contributed by atoms with Crippen molar-refractivity contribution in [3.8, 4) is 0 Å². The lowest BCUT2D eigenvalue weighted by atomic mass is 10.3. The van der Waals surface area contributed by atoms with E-state index in [0.717, 1.165) is 0 Å². The van der Waals surface area contributed by atoms with E-state index in [2.05, 4.69) is 15.9 Å². The van der Waals surface area contributed by atoms with Crippen molar-refractivity contribution < 1.29 is 14.3 Å². The largest absolute Gasteiger partial charge is 0.465 e. The van der Waals surface area contributed by atoms with Gasteiger partial charge in [-0.1, -0.05) is 15.9 Å². The number of hydrogen-bond donors (Lipinski definition) is 2. The summed E-state index contributed by atoms with van der Waals surface area (Å²) >= 11 is 3.09. The first-order chi connectivity index (χ1) is 5.59. The van der Waals surface area contributed by atoms with E-state index < -0.39 is 11.9 Å². The molecule has 0 aliphatic carbocycles. The van der Waals surface area contributed by atoms with E-state index in [0.29, 0.717) is 4.47 Å². The summed E-state index contributed by atoms with van der Waals surface area (Å²) in [6, 6.07) is 4.02. The maximum Gasteiger partial charge on any atom is 0.409 e. The molecule has 12 heavy (non-hydrogen) atoms. The number of carboxylic acid groups (broad SMARTS) is 1. The predicted molar refractivity (Wildman–Crippen MR) is 45.7 cm³/mol. The van der Waals surface area contributed by atoms with E-state index in [4.69, 9.17) is 5.11 Å². The zero-order valence-corrected chi connectivity index (χ0v) is 7.43. The zero-order valence-electron chi connectivity index (χ0n) is 5.84. The van der Waals surface area contributed by atoms with Gasteiger partial charge in [-0.05, 0) is 18.2 Å². The highest BCUT2D eigenvalue weighted by molar-refractivity contribution is 9.10. The number of nitrogens with one attached hydrogen (secondary N) is 1. The molecule has 1 aromatic carbocycles. The van der Waals surface area contributed by atoms with Crippen LogP contribution in [0.3, 0.4) is 0 Å². The lowest BCUT2D eigenvalue weighted by molar-refractivity contribution is 0.209. The Labute approximate surface area is 76.3 Å². The summed E-state index contributed by atoms with van der Waals surface area (Å²) in [6.07, 6.45) is -1.29. The predicted octanol–water partition coefficient (Wildman–Crippen LogP) is 2.68. The number of amides is 1. The van der Waals surface area contributed by atoms with Crippen LogP contribution in [-0.2, 0) is 0 Å². The van der Waals surface area contributed by atoms with E-state index in [1.807, 2.05) is 5.32 Å². The quantitative estimate of drug-likeness (QED) is 0.784. The van der Waals surface area contributed by atoms with Crippen LogP contribution in [0.15, 0.2) is 22.7 Å². The molecule has 0 saturated heterocycles. The molecule has 0 bridgehead atoms. The number of carbonyl (C=O) groups is 1. The molecule has 0 aromatic heterocycles. The zero-order chi connectivity index (χ0) is 9.14. The molecule has 0 unspecified atom stereocenters. The highest BCUT2D eigenvalue weighted by Crippen LogP contribution is 2.19. The van der Waals surface area contributed by atoms with Crippen LogP contribution in [-0.4, -0.2) is 11.2 Å². The standard InChI is InChI=1S/C7H5BrFNO2/c8-4-1-2-5(9)6(3-4)10-7(11)12/h1-3,10H,(H,11,12). The molecule has 0 aliphatic rings. The van der Waals surface area contributed by atoms with Crippen LogP contribution in [0.4, 0.5) is 14.9 Å². The Hall–Kier alpha value is -1.10. The first-order valence-corrected chi connectivity index (χ1v) is 3.84. The second-order valence-electron chi connectivity index (χ2n) is 2.05. The van der Waals surface area contributed by atoms with Crippen LogP contribution in [0.25, 0.3) is 0 Å². The third-order valence-electron chi connectivity index (χ3n) is 1.17. The van der Waals surface area contributed by atoms with Crippen LogP contribution in [0, 0.1) is 5.82 Å². The highest BCUT2D eigenvalue weighted by Gasteiger charge is 2.04. The van der Waals surface area contributed by atoms with E-state index in [9.17, 15) is 9.18 Å². The van der Waals surface area contributed by atoms with Crippen LogP contribution in [0.2, 0.25) is 0 Å². The van der Waals surface area contributed by atoms with E-state index in [1.54, 1.807) is 0 Å². The summed E-state index contributed by atoms with van der Waals surface area (Å²) in [4.78, 5) is 10.1. The molecular weight excluding hydrogens is 229 g/mol. The van der Waals surface area contributed by atoms with Crippen molar-refractivity contribution in [1.82, 2.24) is 0 Å². The summed E-state index contributed by atoms with van der Waals surface area (Å²) in [5.74, 6) is -0.597. The average molecular weight is 234 g/mol. The van der Waals surface area contributed by atoms with Gasteiger partial charge in [0.1, 0.15) is 5.82 Å². The Kier molecular flexibility index (Phi) is 2.65. The van der Waals surface area contributed by atoms with E-state index in [1.165, 1.54) is 18.2 Å². The van der Waals surface area contributed by atoms with Gasteiger partial charge in [0.2, 0.25) is 0 Å². The number of benzene rings is 1. The molecule has 2 N–H and O–H groups in total. The van der Waals surface area contributed by atoms with Crippen molar-refractivity contribution in [3.63, 3.8) is 0 Å². The molecule has 64 valence electrons. The van der Waals surface area contributed by atoms with Gasteiger partial charge in [-0.3, -0.25) is 5.32 Å². The van der Waals surface area contributed by atoms with Gasteiger partial charge in [0.25, 0.3) is 0 Å². The minimum atomic E-state index is -1.29. The van der Waals surface area contributed by atoms with Crippen molar-refractivity contribution in [2.75, 3.05) is 5.32 Å². The fourth-order valence-corrected chi connectivity index (χ4v) is 1.07. The van der Waals surface area contributed by atoms with E-state index in [-0.39, 0.29) is 5.69 Å². The Morgan fingerprint density at radius 2 is 2.25 bits per heavy atom. The minimum absolute atomic E-state index is 0.0584. The molecule has 0 fully saturated rings. The van der Waals surface area contributed by atoms with E-state index >= 15 is 0 Å². The second kappa shape index (κ2) is 3.53.